The van der Waals surface area contributed by atoms with Crippen LogP contribution in [0.1, 0.15) is 34.1 Å². The molecule has 0 aliphatic rings. The molecule has 0 saturated carbocycles. The number of carbonyl (C=O) groups is 4. The van der Waals surface area contributed by atoms with Crippen LogP contribution in [-0.2, 0) is 19.2 Å². The number of carboxylic acid groups (broad SMARTS) is 1. The van der Waals surface area contributed by atoms with Crippen molar-refractivity contribution in [2.75, 3.05) is 6.61 Å². The van der Waals surface area contributed by atoms with Crippen molar-refractivity contribution < 1.29 is 34.5 Å². The average molecular weight is 390 g/mol. The summed E-state index contributed by atoms with van der Waals surface area (Å²) in [4.78, 5) is 47.5. The van der Waals surface area contributed by atoms with Crippen molar-refractivity contribution in [1.29, 1.82) is 0 Å². The van der Waals surface area contributed by atoms with Crippen LogP contribution >= 0.6 is 0 Å². The molecule has 6 unspecified atom stereocenters. The second kappa shape index (κ2) is 11.5. The summed E-state index contributed by atoms with van der Waals surface area (Å²) in [7, 11) is 0. The molecule has 156 valence electrons. The lowest BCUT2D eigenvalue weighted by molar-refractivity contribution is -0.142. The maximum Gasteiger partial charge on any atom is 0.325 e. The summed E-state index contributed by atoms with van der Waals surface area (Å²) in [5, 5.41) is 34.5. The van der Waals surface area contributed by atoms with Crippen LogP contribution < -0.4 is 21.7 Å². The van der Waals surface area contributed by atoms with E-state index in [0.717, 1.165) is 0 Å². The summed E-state index contributed by atoms with van der Waals surface area (Å²) >= 11 is 0. The van der Waals surface area contributed by atoms with Gasteiger partial charge in [0.1, 0.15) is 24.2 Å². The minimum absolute atomic E-state index is 0.338. The molecule has 0 saturated heterocycles. The van der Waals surface area contributed by atoms with Gasteiger partial charge in [-0.25, -0.2) is 0 Å². The summed E-state index contributed by atoms with van der Waals surface area (Å²) in [5.41, 5.74) is 5.43. The van der Waals surface area contributed by atoms with E-state index in [1.54, 1.807) is 13.8 Å². The molecule has 0 aliphatic heterocycles. The number of amides is 3. The predicted molar refractivity (Wildman–Crippen MR) is 95.3 cm³/mol. The van der Waals surface area contributed by atoms with Gasteiger partial charge in [-0.05, 0) is 19.8 Å². The summed E-state index contributed by atoms with van der Waals surface area (Å²) < 4.78 is 0. The van der Waals surface area contributed by atoms with Crippen LogP contribution in [-0.4, -0.2) is 75.9 Å². The Kier molecular flexibility index (Phi) is 10.5. The Bertz CT molecular complexity index is 541. The molecule has 0 aromatic rings. The van der Waals surface area contributed by atoms with Gasteiger partial charge >= 0.3 is 5.97 Å². The molecule has 11 nitrogen and oxygen atoms in total. The van der Waals surface area contributed by atoms with E-state index in [9.17, 15) is 24.3 Å². The maximum atomic E-state index is 12.6. The second-order valence-corrected chi connectivity index (χ2v) is 6.46. The fourth-order valence-corrected chi connectivity index (χ4v) is 2.06. The third kappa shape index (κ3) is 7.89. The number of carboxylic acids is 1. The van der Waals surface area contributed by atoms with Crippen LogP contribution in [0, 0.1) is 5.92 Å². The van der Waals surface area contributed by atoms with Gasteiger partial charge in [-0.15, -0.1) is 0 Å². The lowest BCUT2D eigenvalue weighted by Gasteiger charge is -2.28. The largest absolute Gasteiger partial charge is 0.480 e. The van der Waals surface area contributed by atoms with Crippen molar-refractivity contribution in [3.63, 3.8) is 0 Å². The number of rotatable bonds is 11. The fraction of sp³-hybridized carbons (Fsp3) is 0.750. The van der Waals surface area contributed by atoms with Crippen molar-refractivity contribution in [2.24, 2.45) is 11.7 Å². The highest BCUT2D eigenvalue weighted by atomic mass is 16.4. The highest BCUT2D eigenvalue weighted by Crippen LogP contribution is 2.09. The predicted octanol–water partition coefficient (Wildman–Crippen LogP) is -2.71. The standard InChI is InChI=1S/C16H30N4O7/c1-5-7(2)11(19-13(23)10(17)6-21)14(24)20-12(9(4)22)15(25)18-8(3)16(26)27/h7-12,21-22H,5-6,17H2,1-4H3,(H,18,25)(H,19,23)(H,20,24)(H,26,27). The third-order valence-corrected chi connectivity index (χ3v) is 4.12. The molecule has 0 fully saturated rings. The Labute approximate surface area is 157 Å². The van der Waals surface area contributed by atoms with Gasteiger partial charge in [-0.2, -0.15) is 0 Å². The van der Waals surface area contributed by atoms with Crippen molar-refractivity contribution >= 4 is 23.7 Å². The zero-order valence-corrected chi connectivity index (χ0v) is 15.9. The lowest BCUT2D eigenvalue weighted by atomic mass is 9.97. The van der Waals surface area contributed by atoms with Crippen molar-refractivity contribution in [1.82, 2.24) is 16.0 Å². The van der Waals surface area contributed by atoms with Crippen LogP contribution in [0.2, 0.25) is 0 Å². The monoisotopic (exact) mass is 390 g/mol. The third-order valence-electron chi connectivity index (χ3n) is 4.12. The normalized spacial score (nSPS) is 17.6. The molecule has 0 heterocycles. The van der Waals surface area contributed by atoms with Crippen LogP contribution in [0.25, 0.3) is 0 Å². The molecule has 0 rings (SSSR count). The quantitative estimate of drug-likeness (QED) is 0.198. The van der Waals surface area contributed by atoms with Crippen LogP contribution in [0.15, 0.2) is 0 Å². The molecule has 0 spiro atoms. The molecule has 0 aliphatic carbocycles. The number of hydrogen-bond acceptors (Lipinski definition) is 7. The van der Waals surface area contributed by atoms with Gasteiger partial charge in [0, 0.05) is 0 Å². The summed E-state index contributed by atoms with van der Waals surface area (Å²) in [5.74, 6) is -3.98. The van der Waals surface area contributed by atoms with E-state index in [0.29, 0.717) is 6.42 Å². The highest BCUT2D eigenvalue weighted by molar-refractivity contribution is 5.94. The molecule has 0 aromatic carbocycles. The first-order valence-corrected chi connectivity index (χ1v) is 8.64. The number of carbonyl (C=O) groups excluding carboxylic acids is 3. The molecule has 0 aromatic heterocycles. The number of hydrogen-bond donors (Lipinski definition) is 7. The van der Waals surface area contributed by atoms with Crippen molar-refractivity contribution in [3.8, 4) is 0 Å². The number of nitrogens with one attached hydrogen (secondary N) is 3. The zero-order chi connectivity index (χ0) is 21.3. The Morgan fingerprint density at radius 2 is 1.41 bits per heavy atom. The van der Waals surface area contributed by atoms with Gasteiger partial charge in [0.05, 0.1) is 12.7 Å². The van der Waals surface area contributed by atoms with Crippen LogP contribution in [0.4, 0.5) is 0 Å². The van der Waals surface area contributed by atoms with Gasteiger partial charge in [0.15, 0.2) is 0 Å². The molecule has 0 bridgehead atoms. The molecule has 3 amide bonds. The van der Waals surface area contributed by atoms with E-state index in [-0.39, 0.29) is 5.92 Å². The molecular weight excluding hydrogens is 360 g/mol. The van der Waals surface area contributed by atoms with Gasteiger partial charge in [0.25, 0.3) is 0 Å². The minimum atomic E-state index is -1.42. The molecular formula is C16H30N4O7. The first-order chi connectivity index (χ1) is 12.5. The van der Waals surface area contributed by atoms with Gasteiger partial charge in [-0.3, -0.25) is 19.2 Å². The minimum Gasteiger partial charge on any atom is -0.480 e. The van der Waals surface area contributed by atoms with Gasteiger partial charge in [-0.1, -0.05) is 20.3 Å². The topological polar surface area (TPSA) is 191 Å². The Morgan fingerprint density at radius 3 is 1.81 bits per heavy atom. The number of nitrogens with two attached hydrogens (primary N) is 1. The Balaban J connectivity index is 5.30. The van der Waals surface area contributed by atoms with Crippen LogP contribution in [0.5, 0.6) is 0 Å². The molecule has 0 radical (unpaired) electrons. The van der Waals surface area contributed by atoms with E-state index in [2.05, 4.69) is 16.0 Å². The fourth-order valence-electron chi connectivity index (χ4n) is 2.06. The number of aliphatic carboxylic acids is 1. The van der Waals surface area contributed by atoms with Gasteiger partial charge < -0.3 is 37.0 Å². The molecule has 8 N–H and O–H groups in total. The Morgan fingerprint density at radius 1 is 0.926 bits per heavy atom. The summed E-state index contributed by atoms with van der Waals surface area (Å²) in [6, 6.07) is -4.92. The first-order valence-electron chi connectivity index (χ1n) is 8.64. The first kappa shape index (κ1) is 24.8. The second-order valence-electron chi connectivity index (χ2n) is 6.46. The smallest absolute Gasteiger partial charge is 0.325 e. The van der Waals surface area contributed by atoms with E-state index >= 15 is 0 Å². The number of aliphatic hydroxyl groups is 2. The molecule has 27 heavy (non-hydrogen) atoms. The van der Waals surface area contributed by atoms with E-state index in [1.165, 1.54) is 13.8 Å². The molecule has 11 heteroatoms. The van der Waals surface area contributed by atoms with Crippen molar-refractivity contribution in [2.45, 2.75) is 64.4 Å². The average Bonchev–Trinajstić information content (AvgIpc) is 2.61. The number of aliphatic hydroxyl groups excluding tert-OH is 2. The summed E-state index contributed by atoms with van der Waals surface area (Å²) in [6.07, 6.45) is -0.808. The highest BCUT2D eigenvalue weighted by Gasteiger charge is 2.33. The Hall–Kier alpha value is -2.24. The summed E-state index contributed by atoms with van der Waals surface area (Å²) in [6.45, 7) is 5.37. The van der Waals surface area contributed by atoms with Gasteiger partial charge in [0.2, 0.25) is 17.7 Å². The SMILES string of the molecule is CCC(C)C(NC(=O)C(N)CO)C(=O)NC(C(=O)NC(C)C(=O)O)C(C)O. The lowest BCUT2D eigenvalue weighted by Crippen LogP contribution is -2.61. The van der Waals surface area contributed by atoms with Crippen LogP contribution in [0.3, 0.4) is 0 Å². The maximum absolute atomic E-state index is 12.6. The van der Waals surface area contributed by atoms with Crippen molar-refractivity contribution in [3.05, 3.63) is 0 Å². The zero-order valence-electron chi connectivity index (χ0n) is 15.9. The molecule has 6 atom stereocenters. The van der Waals surface area contributed by atoms with E-state index < -0.39 is 60.6 Å². The van der Waals surface area contributed by atoms with E-state index in [1.807, 2.05) is 0 Å². The van der Waals surface area contributed by atoms with E-state index in [4.69, 9.17) is 15.9 Å².